The van der Waals surface area contributed by atoms with E-state index in [1.807, 2.05) is 13.8 Å². The number of nitrogens with zero attached hydrogens (tertiary/aromatic N) is 1. The highest BCUT2D eigenvalue weighted by atomic mass is 32.1. The largest absolute Gasteiger partial charge is 0.395 e. The number of amides is 1. The van der Waals surface area contributed by atoms with Gasteiger partial charge in [-0.25, -0.2) is 0 Å². The van der Waals surface area contributed by atoms with Crippen LogP contribution in [0.4, 0.5) is 0 Å². The summed E-state index contributed by atoms with van der Waals surface area (Å²) in [5.74, 6) is -0.0812. The van der Waals surface area contributed by atoms with Crippen molar-refractivity contribution in [2.24, 2.45) is 11.1 Å². The molecule has 0 spiro atoms. The summed E-state index contributed by atoms with van der Waals surface area (Å²) in [5, 5.41) is 9.07. The van der Waals surface area contributed by atoms with E-state index >= 15 is 0 Å². The van der Waals surface area contributed by atoms with E-state index in [1.54, 1.807) is 4.90 Å². The summed E-state index contributed by atoms with van der Waals surface area (Å²) < 4.78 is 5.29. The van der Waals surface area contributed by atoms with Crippen molar-refractivity contribution in [2.45, 2.75) is 32.7 Å². The monoisotopic (exact) mass is 274 g/mol. The molecule has 1 fully saturated rings. The first-order chi connectivity index (χ1) is 8.45. The van der Waals surface area contributed by atoms with Gasteiger partial charge in [-0.05, 0) is 26.7 Å². The molecule has 1 rings (SSSR count). The molecule has 0 unspecified atom stereocenters. The molecule has 0 bridgehead atoms. The van der Waals surface area contributed by atoms with Crippen LogP contribution in [0.5, 0.6) is 0 Å². The van der Waals surface area contributed by atoms with E-state index in [0.717, 1.165) is 0 Å². The van der Waals surface area contributed by atoms with Crippen LogP contribution in [0.3, 0.4) is 0 Å². The Morgan fingerprint density at radius 3 is 2.44 bits per heavy atom. The minimum absolute atomic E-state index is 0.0127. The third-order valence-electron chi connectivity index (χ3n) is 3.45. The summed E-state index contributed by atoms with van der Waals surface area (Å²) in [6.45, 7) is 5.07. The fourth-order valence-electron chi connectivity index (χ4n) is 2.26. The van der Waals surface area contributed by atoms with Gasteiger partial charge in [0.2, 0.25) is 5.91 Å². The number of carbonyl (C=O) groups is 1. The average Bonchev–Trinajstić information content (AvgIpc) is 2.35. The Morgan fingerprint density at radius 2 is 2.06 bits per heavy atom. The van der Waals surface area contributed by atoms with E-state index in [9.17, 15) is 4.79 Å². The number of rotatable bonds is 5. The second kappa shape index (κ2) is 6.45. The van der Waals surface area contributed by atoms with Crippen LogP contribution >= 0.6 is 12.2 Å². The molecular weight excluding hydrogens is 252 g/mol. The van der Waals surface area contributed by atoms with Crippen molar-refractivity contribution >= 4 is 23.1 Å². The van der Waals surface area contributed by atoms with Gasteiger partial charge in [0.05, 0.1) is 11.6 Å². The highest BCUT2D eigenvalue weighted by molar-refractivity contribution is 7.80. The molecule has 0 aromatic carbocycles. The SMILES string of the molecule is CC(C)N(CCO)C(=O)C1(C(N)=S)CCOCC1. The third-order valence-corrected chi connectivity index (χ3v) is 3.84. The number of hydrogen-bond acceptors (Lipinski definition) is 4. The highest BCUT2D eigenvalue weighted by Crippen LogP contribution is 2.33. The van der Waals surface area contributed by atoms with Crippen LogP contribution in [0.15, 0.2) is 0 Å². The van der Waals surface area contributed by atoms with E-state index in [-0.39, 0.29) is 23.5 Å². The van der Waals surface area contributed by atoms with Crippen molar-refractivity contribution in [1.82, 2.24) is 4.90 Å². The highest BCUT2D eigenvalue weighted by Gasteiger charge is 2.45. The molecule has 0 aromatic heterocycles. The van der Waals surface area contributed by atoms with Crippen molar-refractivity contribution in [1.29, 1.82) is 0 Å². The van der Waals surface area contributed by atoms with Gasteiger partial charge in [-0.1, -0.05) is 12.2 Å². The van der Waals surface area contributed by atoms with Crippen molar-refractivity contribution in [2.75, 3.05) is 26.4 Å². The minimum atomic E-state index is -0.799. The molecule has 0 atom stereocenters. The van der Waals surface area contributed by atoms with E-state index in [4.69, 9.17) is 27.8 Å². The molecule has 104 valence electrons. The maximum absolute atomic E-state index is 12.7. The lowest BCUT2D eigenvalue weighted by Gasteiger charge is -2.40. The van der Waals surface area contributed by atoms with Crippen LogP contribution in [0.2, 0.25) is 0 Å². The molecule has 1 saturated heterocycles. The molecule has 0 aromatic rings. The Hall–Kier alpha value is -0.720. The molecule has 0 aliphatic carbocycles. The predicted molar refractivity (Wildman–Crippen MR) is 73.2 cm³/mol. The smallest absolute Gasteiger partial charge is 0.236 e. The van der Waals surface area contributed by atoms with Crippen LogP contribution in [-0.4, -0.2) is 53.3 Å². The molecule has 0 radical (unpaired) electrons. The van der Waals surface area contributed by atoms with E-state index in [2.05, 4.69) is 0 Å². The summed E-state index contributed by atoms with van der Waals surface area (Å²) in [5.41, 5.74) is 5.00. The zero-order chi connectivity index (χ0) is 13.8. The van der Waals surface area contributed by atoms with Crippen LogP contribution in [0.25, 0.3) is 0 Å². The molecule has 0 saturated carbocycles. The van der Waals surface area contributed by atoms with Gasteiger partial charge in [0.25, 0.3) is 0 Å². The van der Waals surface area contributed by atoms with E-state index < -0.39 is 5.41 Å². The number of carbonyl (C=O) groups excluding carboxylic acids is 1. The summed E-state index contributed by atoms with van der Waals surface area (Å²) in [4.78, 5) is 14.6. The molecule has 5 nitrogen and oxygen atoms in total. The number of ether oxygens (including phenoxy) is 1. The fraction of sp³-hybridized carbons (Fsp3) is 0.833. The average molecular weight is 274 g/mol. The van der Waals surface area contributed by atoms with Crippen LogP contribution in [0.1, 0.15) is 26.7 Å². The van der Waals surface area contributed by atoms with Crippen molar-refractivity contribution in [3.8, 4) is 0 Å². The first kappa shape index (κ1) is 15.3. The molecule has 1 aliphatic rings. The van der Waals surface area contributed by atoms with Gasteiger partial charge in [0.15, 0.2) is 0 Å². The molecule has 6 heteroatoms. The zero-order valence-corrected chi connectivity index (χ0v) is 11.8. The Balaban J connectivity index is 2.97. The quantitative estimate of drug-likeness (QED) is 0.705. The number of hydrogen-bond donors (Lipinski definition) is 2. The summed E-state index contributed by atoms with van der Waals surface area (Å²) in [6.07, 6.45) is 1.05. The van der Waals surface area contributed by atoms with Crippen molar-refractivity contribution in [3.63, 3.8) is 0 Å². The van der Waals surface area contributed by atoms with Gasteiger partial charge in [0.1, 0.15) is 5.41 Å². The molecule has 1 aliphatic heterocycles. The van der Waals surface area contributed by atoms with Gasteiger partial charge >= 0.3 is 0 Å². The second-order valence-corrected chi connectivity index (χ2v) is 5.31. The van der Waals surface area contributed by atoms with Crippen LogP contribution in [0, 0.1) is 5.41 Å². The van der Waals surface area contributed by atoms with Gasteiger partial charge < -0.3 is 20.5 Å². The first-order valence-corrected chi connectivity index (χ1v) is 6.66. The summed E-state index contributed by atoms with van der Waals surface area (Å²) in [7, 11) is 0. The van der Waals surface area contributed by atoms with Crippen molar-refractivity contribution in [3.05, 3.63) is 0 Å². The Morgan fingerprint density at radius 1 is 1.50 bits per heavy atom. The minimum Gasteiger partial charge on any atom is -0.395 e. The lowest BCUT2D eigenvalue weighted by atomic mass is 9.78. The third kappa shape index (κ3) is 2.99. The molecular formula is C12H22N2O3S. The number of aliphatic hydroxyl groups is 1. The normalized spacial score (nSPS) is 18.7. The van der Waals surface area contributed by atoms with Crippen LogP contribution < -0.4 is 5.73 Å². The lowest BCUT2D eigenvalue weighted by Crippen LogP contribution is -2.55. The van der Waals surface area contributed by atoms with Gasteiger partial charge in [0, 0.05) is 25.8 Å². The standard InChI is InChI=1S/C12H22N2O3S/c1-9(2)14(5-6-15)11(16)12(10(13)18)3-7-17-8-4-12/h9,15H,3-8H2,1-2H3,(H2,13,18). The molecule has 3 N–H and O–H groups in total. The maximum Gasteiger partial charge on any atom is 0.236 e. The van der Waals surface area contributed by atoms with E-state index in [0.29, 0.717) is 32.6 Å². The van der Waals surface area contributed by atoms with Crippen LogP contribution in [-0.2, 0) is 9.53 Å². The zero-order valence-electron chi connectivity index (χ0n) is 11.0. The van der Waals surface area contributed by atoms with Crippen molar-refractivity contribution < 1.29 is 14.6 Å². The number of thiocarbonyl (C=S) groups is 1. The summed E-state index contributed by atoms with van der Waals surface area (Å²) in [6, 6.07) is 0.0127. The van der Waals surface area contributed by atoms with Gasteiger partial charge in [-0.2, -0.15) is 0 Å². The fourth-order valence-corrected chi connectivity index (χ4v) is 2.55. The Kier molecular flexibility index (Phi) is 5.49. The Bertz CT molecular complexity index is 314. The number of nitrogens with two attached hydrogens (primary N) is 1. The van der Waals surface area contributed by atoms with Gasteiger partial charge in [-0.15, -0.1) is 0 Å². The molecule has 1 heterocycles. The second-order valence-electron chi connectivity index (χ2n) is 4.87. The van der Waals surface area contributed by atoms with E-state index in [1.165, 1.54) is 0 Å². The first-order valence-electron chi connectivity index (χ1n) is 6.25. The molecule has 18 heavy (non-hydrogen) atoms. The Labute approximate surface area is 113 Å². The molecule has 1 amide bonds. The van der Waals surface area contributed by atoms with Gasteiger partial charge in [-0.3, -0.25) is 4.79 Å². The number of aliphatic hydroxyl groups excluding tert-OH is 1. The summed E-state index contributed by atoms with van der Waals surface area (Å²) >= 11 is 5.11. The predicted octanol–water partition coefficient (Wildman–Crippen LogP) is 0.299. The maximum atomic E-state index is 12.7. The topological polar surface area (TPSA) is 75.8 Å². The lowest BCUT2D eigenvalue weighted by molar-refractivity contribution is -0.144.